The van der Waals surface area contributed by atoms with Crippen molar-refractivity contribution in [2.75, 3.05) is 21.1 Å². The predicted octanol–water partition coefficient (Wildman–Crippen LogP) is 2.23. The highest BCUT2D eigenvalue weighted by Crippen LogP contribution is 2.30. The van der Waals surface area contributed by atoms with E-state index in [9.17, 15) is 9.90 Å². The Balaban J connectivity index is 2.20. The molecule has 0 aliphatic rings. The van der Waals surface area contributed by atoms with E-state index in [-0.39, 0.29) is 5.92 Å². The van der Waals surface area contributed by atoms with Crippen LogP contribution in [-0.2, 0) is 17.8 Å². The summed E-state index contributed by atoms with van der Waals surface area (Å²) in [6, 6.07) is 8.37. The molecule has 1 aromatic heterocycles. The first-order valence-electron chi connectivity index (χ1n) is 8.64. The fraction of sp³-hybridized carbons (Fsp3) is 0.556. The van der Waals surface area contributed by atoms with Gasteiger partial charge in [0.05, 0.1) is 27.1 Å². The molecule has 2 N–H and O–H groups in total. The van der Waals surface area contributed by atoms with E-state index in [1.807, 2.05) is 6.92 Å². The Labute approximate surface area is 148 Å². The Morgan fingerprint density at radius 2 is 1.84 bits per heavy atom. The second-order valence-electron chi connectivity index (χ2n) is 7.58. The molecule has 0 saturated carbocycles. The van der Waals surface area contributed by atoms with Crippen LogP contribution in [0.4, 0.5) is 0 Å². The Bertz CT molecular complexity index is 662. The van der Waals surface area contributed by atoms with Crippen molar-refractivity contribution >= 4 is 5.97 Å². The molecule has 0 saturated heterocycles. The van der Waals surface area contributed by atoms with Gasteiger partial charge in [-0.25, -0.2) is 0 Å². The lowest BCUT2D eigenvalue weighted by Gasteiger charge is -2.24. The van der Waals surface area contributed by atoms with Crippen LogP contribution in [0, 0.1) is 5.92 Å². The number of aromatic amines is 1. The minimum absolute atomic E-state index is 0.291. The predicted molar refractivity (Wildman–Crippen MR) is 94.8 cm³/mol. The van der Waals surface area contributed by atoms with Gasteiger partial charge in [0, 0.05) is 11.5 Å². The van der Waals surface area contributed by atoms with Gasteiger partial charge in [0.15, 0.2) is 5.82 Å². The summed E-state index contributed by atoms with van der Waals surface area (Å²) in [6.45, 7) is 2.94. The Hall–Kier alpha value is -2.28. The van der Waals surface area contributed by atoms with Crippen molar-refractivity contribution in [1.29, 1.82) is 0 Å². The maximum absolute atomic E-state index is 11.7. The number of H-pyrrole nitrogens is 1. The highest BCUT2D eigenvalue weighted by atomic mass is 16.4. The number of tetrazole rings is 1. The minimum Gasteiger partial charge on any atom is -0.481 e. The topological polar surface area (TPSA) is 91.8 Å². The molecule has 7 heteroatoms. The Morgan fingerprint density at radius 1 is 1.20 bits per heavy atom. The van der Waals surface area contributed by atoms with Gasteiger partial charge < -0.3 is 9.59 Å². The molecule has 1 aromatic carbocycles. The number of benzene rings is 1. The van der Waals surface area contributed by atoms with Gasteiger partial charge in [0.25, 0.3) is 0 Å². The molecule has 0 radical (unpaired) electrons. The van der Waals surface area contributed by atoms with E-state index in [0.29, 0.717) is 18.7 Å². The number of carboxylic acid groups (broad SMARTS) is 1. The van der Waals surface area contributed by atoms with Gasteiger partial charge in [-0.05, 0) is 18.4 Å². The van der Waals surface area contributed by atoms with Crippen molar-refractivity contribution in [3.05, 3.63) is 41.2 Å². The number of hydrogen-bond donors (Lipinski definition) is 2. The zero-order valence-electron chi connectivity index (χ0n) is 15.4. The second kappa shape index (κ2) is 8.20. The first-order valence-corrected chi connectivity index (χ1v) is 8.64. The zero-order chi connectivity index (χ0) is 18.4. The lowest BCUT2D eigenvalue weighted by Crippen LogP contribution is -2.33. The summed E-state index contributed by atoms with van der Waals surface area (Å²) in [5, 5.41) is 23.8. The lowest BCUT2D eigenvalue weighted by atomic mass is 9.83. The minimum atomic E-state index is -0.807. The summed E-state index contributed by atoms with van der Waals surface area (Å²) in [5.41, 5.74) is 2.35. The molecule has 136 valence electrons. The molecule has 0 spiro atoms. The molecule has 0 bridgehead atoms. The Morgan fingerprint density at radius 3 is 2.32 bits per heavy atom. The standard InChI is InChI=1S/C18H27N5O2/c1-5-6-15(18(24)25)16(17-19-21-22-20-17)11-13-7-9-14(10-8-13)12-23(2,3)4/h7-10,15-16H,5-6,11-12H2,1-4H3,(H-,19,20,21,22,24,25)/p+1. The third-order valence-corrected chi connectivity index (χ3v) is 4.23. The van der Waals surface area contributed by atoms with Crippen molar-refractivity contribution in [1.82, 2.24) is 20.6 Å². The zero-order valence-corrected chi connectivity index (χ0v) is 15.4. The highest BCUT2D eigenvalue weighted by molar-refractivity contribution is 5.71. The number of hydrogen-bond acceptors (Lipinski definition) is 4. The molecule has 7 nitrogen and oxygen atoms in total. The summed E-state index contributed by atoms with van der Waals surface area (Å²) in [5.74, 6) is -1.15. The third-order valence-electron chi connectivity index (χ3n) is 4.23. The molecule has 0 amide bonds. The van der Waals surface area contributed by atoms with E-state index in [2.05, 4.69) is 66.0 Å². The van der Waals surface area contributed by atoms with Crippen molar-refractivity contribution < 1.29 is 14.4 Å². The average molecular weight is 346 g/mol. The number of quaternary nitrogens is 1. The molecule has 0 aliphatic heterocycles. The molecule has 0 fully saturated rings. The third kappa shape index (κ3) is 5.63. The summed E-state index contributed by atoms with van der Waals surface area (Å²) in [6.07, 6.45) is 1.98. The van der Waals surface area contributed by atoms with Gasteiger partial charge in [-0.15, -0.1) is 10.2 Å². The molecular weight excluding hydrogens is 318 g/mol. The van der Waals surface area contributed by atoms with Crippen LogP contribution in [0.5, 0.6) is 0 Å². The molecule has 2 unspecified atom stereocenters. The number of carboxylic acids is 1. The summed E-state index contributed by atoms with van der Waals surface area (Å²) in [7, 11) is 6.47. The maximum Gasteiger partial charge on any atom is 0.307 e. The van der Waals surface area contributed by atoms with Crippen molar-refractivity contribution in [3.8, 4) is 0 Å². The van der Waals surface area contributed by atoms with Crippen molar-refractivity contribution in [3.63, 3.8) is 0 Å². The molecule has 2 atom stereocenters. The summed E-state index contributed by atoms with van der Waals surface area (Å²) in [4.78, 5) is 11.7. The monoisotopic (exact) mass is 346 g/mol. The maximum atomic E-state index is 11.7. The second-order valence-corrected chi connectivity index (χ2v) is 7.58. The normalized spacial score (nSPS) is 14.2. The van der Waals surface area contributed by atoms with Crippen LogP contribution in [0.15, 0.2) is 24.3 Å². The number of aliphatic carboxylic acids is 1. The van der Waals surface area contributed by atoms with E-state index in [0.717, 1.165) is 23.0 Å². The van der Waals surface area contributed by atoms with E-state index < -0.39 is 11.9 Å². The van der Waals surface area contributed by atoms with Gasteiger partial charge in [0.2, 0.25) is 0 Å². The largest absolute Gasteiger partial charge is 0.481 e. The number of nitrogens with one attached hydrogen (secondary N) is 1. The van der Waals surface area contributed by atoms with E-state index >= 15 is 0 Å². The average Bonchev–Trinajstić information content (AvgIpc) is 3.05. The van der Waals surface area contributed by atoms with Crippen molar-refractivity contribution in [2.24, 2.45) is 5.92 Å². The van der Waals surface area contributed by atoms with Gasteiger partial charge in [-0.2, -0.15) is 5.21 Å². The smallest absolute Gasteiger partial charge is 0.307 e. The summed E-state index contributed by atoms with van der Waals surface area (Å²) >= 11 is 0. The van der Waals surface area contributed by atoms with Crippen LogP contribution in [0.25, 0.3) is 0 Å². The molecular formula is C18H28N5O2+. The molecule has 0 aliphatic carbocycles. The van der Waals surface area contributed by atoms with Crippen LogP contribution < -0.4 is 0 Å². The van der Waals surface area contributed by atoms with Crippen molar-refractivity contribution in [2.45, 2.75) is 38.6 Å². The first kappa shape index (κ1) is 19.1. The van der Waals surface area contributed by atoms with Crippen LogP contribution in [-0.4, -0.2) is 57.3 Å². The van der Waals surface area contributed by atoms with E-state index in [1.54, 1.807) is 0 Å². The van der Waals surface area contributed by atoms with Crippen LogP contribution in [0.3, 0.4) is 0 Å². The SMILES string of the molecule is CCCC(C(=O)O)C(Cc1ccc(C[N+](C)(C)C)cc1)c1nn[nH]n1. The quantitative estimate of drug-likeness (QED) is 0.679. The molecule has 1 heterocycles. The fourth-order valence-corrected chi connectivity index (χ4v) is 3.13. The molecule has 2 aromatic rings. The molecule has 25 heavy (non-hydrogen) atoms. The number of aromatic nitrogens is 4. The molecule has 2 rings (SSSR count). The highest BCUT2D eigenvalue weighted by Gasteiger charge is 2.31. The van der Waals surface area contributed by atoms with Gasteiger partial charge in [-0.1, -0.05) is 42.8 Å². The van der Waals surface area contributed by atoms with Gasteiger partial charge in [0.1, 0.15) is 6.54 Å². The Kier molecular flexibility index (Phi) is 6.25. The number of carbonyl (C=O) groups is 1. The number of nitrogens with zero attached hydrogens (tertiary/aromatic N) is 4. The van der Waals surface area contributed by atoms with E-state index in [4.69, 9.17) is 0 Å². The first-order chi connectivity index (χ1) is 11.8. The fourth-order valence-electron chi connectivity index (χ4n) is 3.13. The van der Waals surface area contributed by atoms with Crippen LogP contribution in [0.1, 0.15) is 42.6 Å². The van der Waals surface area contributed by atoms with Gasteiger partial charge >= 0.3 is 5.97 Å². The summed E-state index contributed by atoms with van der Waals surface area (Å²) < 4.78 is 0.864. The van der Waals surface area contributed by atoms with Gasteiger partial charge in [-0.3, -0.25) is 4.79 Å². The number of rotatable bonds is 9. The lowest BCUT2D eigenvalue weighted by molar-refractivity contribution is -0.884. The van der Waals surface area contributed by atoms with Crippen LogP contribution in [0.2, 0.25) is 0 Å². The van der Waals surface area contributed by atoms with Crippen LogP contribution >= 0.6 is 0 Å². The van der Waals surface area contributed by atoms with E-state index in [1.165, 1.54) is 5.56 Å².